The van der Waals surface area contributed by atoms with Crippen molar-refractivity contribution in [1.82, 2.24) is 15.1 Å². The topological polar surface area (TPSA) is 85.3 Å². The van der Waals surface area contributed by atoms with Gasteiger partial charge in [-0.15, -0.1) is 0 Å². The van der Waals surface area contributed by atoms with E-state index < -0.39 is 11.9 Å². The van der Waals surface area contributed by atoms with Gasteiger partial charge in [0.15, 0.2) is 6.10 Å². The zero-order valence-corrected chi connectivity index (χ0v) is 17.7. The van der Waals surface area contributed by atoms with Crippen molar-refractivity contribution < 1.29 is 18.7 Å². The third-order valence-electron chi connectivity index (χ3n) is 4.11. The standard InChI is InChI=1S/C21H20BrFN4O3/c1-14(30-19-7-6-16(23)11-18(19)22)21(29)24-12-15-4-2-5-17(10-15)26-20(28)13-27-9-3-8-25-27/h2-11,14H,12-13H2,1H3,(H,24,29)(H,26,28). The summed E-state index contributed by atoms with van der Waals surface area (Å²) < 4.78 is 20.7. The maximum Gasteiger partial charge on any atom is 0.261 e. The summed E-state index contributed by atoms with van der Waals surface area (Å²) in [7, 11) is 0. The van der Waals surface area contributed by atoms with Gasteiger partial charge in [0.1, 0.15) is 18.1 Å². The van der Waals surface area contributed by atoms with Crippen LogP contribution in [0.1, 0.15) is 12.5 Å². The first kappa shape index (κ1) is 21.5. The number of nitrogens with zero attached hydrogens (tertiary/aromatic N) is 2. The smallest absolute Gasteiger partial charge is 0.261 e. The maximum atomic E-state index is 13.2. The third kappa shape index (κ3) is 6.15. The number of benzene rings is 2. The number of amides is 2. The molecule has 0 spiro atoms. The number of anilines is 1. The number of aromatic nitrogens is 2. The van der Waals surface area contributed by atoms with Crippen molar-refractivity contribution in [2.24, 2.45) is 0 Å². The summed E-state index contributed by atoms with van der Waals surface area (Å²) in [5.74, 6) is -0.546. The Morgan fingerprint density at radius 3 is 2.80 bits per heavy atom. The summed E-state index contributed by atoms with van der Waals surface area (Å²) in [5.41, 5.74) is 1.44. The maximum absolute atomic E-state index is 13.2. The Balaban J connectivity index is 1.51. The van der Waals surface area contributed by atoms with Gasteiger partial charge in [-0.1, -0.05) is 12.1 Å². The molecule has 156 valence electrons. The number of hydrogen-bond donors (Lipinski definition) is 2. The van der Waals surface area contributed by atoms with Crippen molar-refractivity contribution in [2.75, 3.05) is 5.32 Å². The van der Waals surface area contributed by atoms with Gasteiger partial charge >= 0.3 is 0 Å². The van der Waals surface area contributed by atoms with E-state index in [1.54, 1.807) is 43.6 Å². The molecular weight excluding hydrogens is 455 g/mol. The van der Waals surface area contributed by atoms with Crippen LogP contribution in [0.2, 0.25) is 0 Å². The molecule has 0 saturated carbocycles. The lowest BCUT2D eigenvalue weighted by atomic mass is 10.2. The Hall–Kier alpha value is -3.20. The molecule has 9 heteroatoms. The average Bonchev–Trinajstić information content (AvgIpc) is 3.21. The van der Waals surface area contributed by atoms with Gasteiger partial charge in [-0.25, -0.2) is 4.39 Å². The molecule has 0 bridgehead atoms. The number of halogens is 2. The van der Waals surface area contributed by atoms with Crippen LogP contribution in [0.15, 0.2) is 65.4 Å². The number of ether oxygens (including phenoxy) is 1. The lowest BCUT2D eigenvalue weighted by Crippen LogP contribution is -2.36. The highest BCUT2D eigenvalue weighted by atomic mass is 79.9. The Morgan fingerprint density at radius 2 is 2.07 bits per heavy atom. The molecule has 1 unspecified atom stereocenters. The molecule has 0 aliphatic rings. The van der Waals surface area contributed by atoms with Gasteiger partial charge in [0, 0.05) is 24.6 Å². The Morgan fingerprint density at radius 1 is 1.23 bits per heavy atom. The largest absolute Gasteiger partial charge is 0.480 e. The normalized spacial score (nSPS) is 11.6. The van der Waals surface area contributed by atoms with Crippen LogP contribution in [-0.2, 0) is 22.7 Å². The molecule has 1 atom stereocenters. The lowest BCUT2D eigenvalue weighted by molar-refractivity contribution is -0.127. The van der Waals surface area contributed by atoms with E-state index in [9.17, 15) is 14.0 Å². The van der Waals surface area contributed by atoms with Crippen LogP contribution in [0, 0.1) is 5.82 Å². The summed E-state index contributed by atoms with van der Waals surface area (Å²) in [6, 6.07) is 12.9. The van der Waals surface area contributed by atoms with Gasteiger partial charge in [0.05, 0.1) is 4.47 Å². The van der Waals surface area contributed by atoms with Crippen LogP contribution in [0.4, 0.5) is 10.1 Å². The second-order valence-electron chi connectivity index (χ2n) is 6.50. The number of hydrogen-bond acceptors (Lipinski definition) is 4. The van der Waals surface area contributed by atoms with Crippen molar-refractivity contribution >= 4 is 33.4 Å². The zero-order chi connectivity index (χ0) is 21.5. The molecule has 2 aromatic carbocycles. The summed E-state index contributed by atoms with van der Waals surface area (Å²) in [5, 5.41) is 9.58. The van der Waals surface area contributed by atoms with Crippen molar-refractivity contribution in [1.29, 1.82) is 0 Å². The Bertz CT molecular complexity index is 1030. The quantitative estimate of drug-likeness (QED) is 0.523. The summed E-state index contributed by atoms with van der Waals surface area (Å²) in [6.45, 7) is 1.98. The number of rotatable bonds is 8. The van der Waals surface area contributed by atoms with Crippen LogP contribution in [0.3, 0.4) is 0 Å². The number of carbonyl (C=O) groups excluding carboxylic acids is 2. The molecule has 1 heterocycles. The fraction of sp³-hybridized carbons (Fsp3) is 0.190. The van der Waals surface area contributed by atoms with Crippen LogP contribution >= 0.6 is 15.9 Å². The third-order valence-corrected chi connectivity index (χ3v) is 4.73. The molecule has 3 aromatic rings. The van der Waals surface area contributed by atoms with E-state index in [4.69, 9.17) is 4.74 Å². The van der Waals surface area contributed by atoms with E-state index in [2.05, 4.69) is 31.7 Å². The molecule has 0 saturated heterocycles. The van der Waals surface area contributed by atoms with E-state index in [1.165, 1.54) is 22.9 Å². The first-order valence-electron chi connectivity index (χ1n) is 9.16. The highest BCUT2D eigenvalue weighted by Gasteiger charge is 2.16. The van der Waals surface area contributed by atoms with Crippen LogP contribution in [0.5, 0.6) is 5.75 Å². The van der Waals surface area contributed by atoms with Crippen LogP contribution in [-0.4, -0.2) is 27.7 Å². The van der Waals surface area contributed by atoms with Crippen molar-refractivity contribution in [3.05, 3.63) is 76.8 Å². The van der Waals surface area contributed by atoms with Crippen molar-refractivity contribution in [3.63, 3.8) is 0 Å². The minimum atomic E-state index is -0.774. The highest BCUT2D eigenvalue weighted by Crippen LogP contribution is 2.26. The second-order valence-corrected chi connectivity index (χ2v) is 7.36. The summed E-state index contributed by atoms with van der Waals surface area (Å²) in [4.78, 5) is 24.4. The Labute approximate surface area is 181 Å². The predicted molar refractivity (Wildman–Crippen MR) is 113 cm³/mol. The molecule has 3 rings (SSSR count). The van der Waals surface area contributed by atoms with Crippen molar-refractivity contribution in [2.45, 2.75) is 26.1 Å². The molecule has 0 radical (unpaired) electrons. The van der Waals surface area contributed by atoms with Gasteiger partial charge < -0.3 is 15.4 Å². The van der Waals surface area contributed by atoms with E-state index in [-0.39, 0.29) is 24.9 Å². The molecule has 1 aromatic heterocycles. The average molecular weight is 475 g/mol. The second kappa shape index (κ2) is 10.0. The Kier molecular flexibility index (Phi) is 7.18. The minimum absolute atomic E-state index is 0.113. The molecule has 0 aliphatic heterocycles. The first-order chi connectivity index (χ1) is 14.4. The van der Waals surface area contributed by atoms with Gasteiger partial charge in [-0.3, -0.25) is 14.3 Å². The molecular formula is C21H20BrFN4O3. The highest BCUT2D eigenvalue weighted by molar-refractivity contribution is 9.10. The molecule has 2 amide bonds. The zero-order valence-electron chi connectivity index (χ0n) is 16.1. The van der Waals surface area contributed by atoms with E-state index in [0.717, 1.165) is 5.56 Å². The van der Waals surface area contributed by atoms with E-state index in [0.29, 0.717) is 15.9 Å². The SMILES string of the molecule is CC(Oc1ccc(F)cc1Br)C(=O)NCc1cccc(NC(=O)Cn2cccn2)c1. The molecule has 30 heavy (non-hydrogen) atoms. The summed E-state index contributed by atoms with van der Waals surface area (Å²) in [6.07, 6.45) is 2.54. The van der Waals surface area contributed by atoms with Gasteiger partial charge in [-0.05, 0) is 64.8 Å². The van der Waals surface area contributed by atoms with E-state index in [1.807, 2.05) is 6.07 Å². The van der Waals surface area contributed by atoms with Crippen molar-refractivity contribution in [3.8, 4) is 5.75 Å². The fourth-order valence-corrected chi connectivity index (χ4v) is 3.09. The number of carbonyl (C=O) groups is 2. The van der Waals surface area contributed by atoms with Gasteiger partial charge in [-0.2, -0.15) is 5.10 Å². The molecule has 2 N–H and O–H groups in total. The van der Waals surface area contributed by atoms with Crippen LogP contribution < -0.4 is 15.4 Å². The van der Waals surface area contributed by atoms with Gasteiger partial charge in [0.25, 0.3) is 5.91 Å². The predicted octanol–water partition coefficient (Wildman–Crippen LogP) is 3.51. The van der Waals surface area contributed by atoms with Gasteiger partial charge in [0.2, 0.25) is 5.91 Å². The minimum Gasteiger partial charge on any atom is -0.480 e. The van der Waals surface area contributed by atoms with E-state index >= 15 is 0 Å². The summed E-state index contributed by atoms with van der Waals surface area (Å²) >= 11 is 3.21. The monoisotopic (exact) mass is 474 g/mol. The lowest BCUT2D eigenvalue weighted by Gasteiger charge is -2.16. The molecule has 7 nitrogen and oxygen atoms in total. The molecule has 0 fully saturated rings. The van der Waals surface area contributed by atoms with Crippen LogP contribution in [0.25, 0.3) is 0 Å². The fourth-order valence-electron chi connectivity index (χ4n) is 2.65. The number of nitrogens with one attached hydrogen (secondary N) is 2. The molecule has 0 aliphatic carbocycles. The first-order valence-corrected chi connectivity index (χ1v) is 9.95.